The molecule has 0 unspecified atom stereocenters. The molecule has 0 saturated carbocycles. The summed E-state index contributed by atoms with van der Waals surface area (Å²) < 4.78 is 35.7. The fourth-order valence-corrected chi connectivity index (χ4v) is 8.50. The van der Waals surface area contributed by atoms with Gasteiger partial charge in [0.05, 0.1) is 33.0 Å². The van der Waals surface area contributed by atoms with E-state index < -0.39 is 29.3 Å². The van der Waals surface area contributed by atoms with Crippen molar-refractivity contribution >= 4 is 27.7 Å². The van der Waals surface area contributed by atoms with E-state index in [0.29, 0.717) is 33.0 Å². The van der Waals surface area contributed by atoms with E-state index in [-0.39, 0.29) is 0 Å². The highest BCUT2D eigenvalue weighted by Crippen LogP contribution is 2.52. The van der Waals surface area contributed by atoms with Gasteiger partial charge in [0.25, 0.3) is 0 Å². The number of hydrogen-bond acceptors (Lipinski definition) is 6. The lowest BCUT2D eigenvalue weighted by Crippen LogP contribution is -2.66. The van der Waals surface area contributed by atoms with E-state index in [1.807, 2.05) is 72.8 Å². The van der Waals surface area contributed by atoms with Crippen LogP contribution >= 0.6 is 27.7 Å². The highest BCUT2D eigenvalue weighted by atomic mass is 79.9. The largest absolute Gasteiger partial charge is 0.374 e. The van der Waals surface area contributed by atoms with Gasteiger partial charge in [-0.25, -0.2) is 0 Å². The molecule has 0 bridgehead atoms. The van der Waals surface area contributed by atoms with Crippen LogP contribution in [0, 0.1) is 0 Å². The second kappa shape index (κ2) is 16.6. The Hall–Kier alpha value is -3.27. The fourth-order valence-electron chi connectivity index (χ4n) is 6.59. The van der Waals surface area contributed by atoms with Gasteiger partial charge in [-0.05, 0) is 58.9 Å². The van der Waals surface area contributed by atoms with Crippen molar-refractivity contribution in [2.75, 3.05) is 6.61 Å². The molecular formula is C42H41BrO5S. The Morgan fingerprint density at radius 3 is 1.69 bits per heavy atom. The first-order valence-electron chi connectivity index (χ1n) is 16.9. The molecule has 5 atom stereocenters. The monoisotopic (exact) mass is 736 g/mol. The Bertz CT molecular complexity index is 1740. The number of ether oxygens (including phenoxy) is 5. The molecule has 0 aromatic heterocycles. The van der Waals surface area contributed by atoms with Crippen molar-refractivity contribution in [1.82, 2.24) is 0 Å². The van der Waals surface area contributed by atoms with Crippen LogP contribution in [0.5, 0.6) is 0 Å². The molecule has 1 fully saturated rings. The van der Waals surface area contributed by atoms with E-state index in [4.69, 9.17) is 23.7 Å². The summed E-state index contributed by atoms with van der Waals surface area (Å²) in [6.07, 6.45) is -0.148. The summed E-state index contributed by atoms with van der Waals surface area (Å²) in [5, 5.41) is 0. The molecule has 49 heavy (non-hydrogen) atoms. The number of benzene rings is 5. The molecule has 5 aromatic rings. The molecule has 0 N–H and O–H groups in total. The van der Waals surface area contributed by atoms with Gasteiger partial charge in [0, 0.05) is 9.37 Å². The van der Waals surface area contributed by atoms with Gasteiger partial charge in [0.1, 0.15) is 29.3 Å². The lowest BCUT2D eigenvalue weighted by atomic mass is 9.89. The van der Waals surface area contributed by atoms with Crippen LogP contribution in [-0.2, 0) is 56.5 Å². The zero-order valence-electron chi connectivity index (χ0n) is 27.4. The average molecular weight is 738 g/mol. The third-order valence-electron chi connectivity index (χ3n) is 9.06. The van der Waals surface area contributed by atoms with Crippen LogP contribution in [0.25, 0.3) is 0 Å². The molecule has 0 amide bonds. The van der Waals surface area contributed by atoms with Gasteiger partial charge < -0.3 is 23.7 Å². The van der Waals surface area contributed by atoms with Crippen molar-refractivity contribution in [3.8, 4) is 0 Å². The molecule has 2 aliphatic rings. The molecule has 7 heteroatoms. The third kappa shape index (κ3) is 8.73. The predicted molar refractivity (Wildman–Crippen MR) is 197 cm³/mol. The van der Waals surface area contributed by atoms with E-state index in [0.717, 1.165) is 39.6 Å². The van der Waals surface area contributed by atoms with Crippen molar-refractivity contribution in [2.24, 2.45) is 0 Å². The first-order chi connectivity index (χ1) is 24.1. The number of thioether (sulfide) groups is 1. The van der Waals surface area contributed by atoms with Gasteiger partial charge in [-0.1, -0.05) is 149 Å². The summed E-state index contributed by atoms with van der Waals surface area (Å²) in [4.78, 5) is 0.460. The Labute approximate surface area is 302 Å². The molecule has 7 rings (SSSR count). The van der Waals surface area contributed by atoms with Crippen LogP contribution in [0.15, 0.2) is 149 Å². The van der Waals surface area contributed by atoms with Crippen molar-refractivity contribution in [3.63, 3.8) is 0 Å². The molecule has 5 aromatic carbocycles. The van der Waals surface area contributed by atoms with Gasteiger partial charge in [0.15, 0.2) is 0 Å². The number of rotatable bonds is 13. The summed E-state index contributed by atoms with van der Waals surface area (Å²) in [7, 11) is 0. The maximum Gasteiger partial charge on any atom is 0.147 e. The summed E-state index contributed by atoms with van der Waals surface area (Å²) in [5.41, 5.74) is 5.69. The molecule has 5 nitrogen and oxygen atoms in total. The number of halogens is 1. The second-order valence-electron chi connectivity index (χ2n) is 12.6. The Kier molecular flexibility index (Phi) is 11.6. The Morgan fingerprint density at radius 2 is 1.12 bits per heavy atom. The predicted octanol–water partition coefficient (Wildman–Crippen LogP) is 9.56. The SMILES string of the molecule is Brc1ccc2c(c1)CC[C@@]1(O[C@H](COCc3ccccc3)[C@H](OCc3ccccc3)[C@H](OCc3ccccc3)[C@H]1OCc1ccccc1)S2. The van der Waals surface area contributed by atoms with Gasteiger partial charge in [-0.15, -0.1) is 0 Å². The van der Waals surface area contributed by atoms with Crippen LogP contribution in [0.3, 0.4) is 0 Å². The first-order valence-corrected chi connectivity index (χ1v) is 18.5. The van der Waals surface area contributed by atoms with Crippen LogP contribution < -0.4 is 0 Å². The summed E-state index contributed by atoms with van der Waals surface area (Å²) in [6.45, 7) is 2.09. The zero-order chi connectivity index (χ0) is 33.3. The smallest absolute Gasteiger partial charge is 0.147 e. The van der Waals surface area contributed by atoms with Crippen molar-refractivity contribution in [3.05, 3.63) is 172 Å². The second-order valence-corrected chi connectivity index (χ2v) is 14.8. The molecule has 1 spiro atoms. The Balaban J connectivity index is 1.25. The molecule has 252 valence electrons. The Morgan fingerprint density at radius 1 is 0.612 bits per heavy atom. The molecule has 2 heterocycles. The average Bonchev–Trinajstić information content (AvgIpc) is 3.15. The third-order valence-corrected chi connectivity index (χ3v) is 11.0. The minimum atomic E-state index is -0.732. The normalized spacial score (nSPS) is 23.3. The van der Waals surface area contributed by atoms with Gasteiger partial charge >= 0.3 is 0 Å². The van der Waals surface area contributed by atoms with Crippen molar-refractivity contribution < 1.29 is 23.7 Å². The van der Waals surface area contributed by atoms with Crippen LogP contribution in [0.1, 0.15) is 34.2 Å². The standard InChI is InChI=1S/C42H41BrO5S/c43-36-21-22-38-35(25-36)23-24-42(49-38)41(47-29-34-19-11-4-12-20-34)40(46-28-33-17-9-3-10-18-33)39(45-27-32-15-7-2-8-16-32)37(48-42)30-44-26-31-13-5-1-6-14-31/h1-22,25,37,39-41H,23-24,26-30H2/t37-,39+,40+,41-,42-/m1/s1. The van der Waals surface area contributed by atoms with Gasteiger partial charge in [-0.2, -0.15) is 0 Å². The number of aryl methyl sites for hydroxylation is 1. The summed E-state index contributed by atoms with van der Waals surface area (Å²) in [6, 6.07) is 47.6. The molecule has 2 aliphatic heterocycles. The van der Waals surface area contributed by atoms with Crippen LogP contribution in [0.4, 0.5) is 0 Å². The number of fused-ring (bicyclic) bond motifs is 1. The topological polar surface area (TPSA) is 46.2 Å². The molecule has 1 saturated heterocycles. The van der Waals surface area contributed by atoms with E-state index in [2.05, 4.69) is 82.7 Å². The summed E-state index contributed by atoms with van der Waals surface area (Å²) >= 11 is 5.42. The quantitative estimate of drug-likeness (QED) is 0.120. The molecule has 0 aliphatic carbocycles. The first kappa shape index (κ1) is 34.2. The number of hydrogen-bond donors (Lipinski definition) is 0. The van der Waals surface area contributed by atoms with Gasteiger partial charge in [0.2, 0.25) is 0 Å². The maximum atomic E-state index is 7.32. The summed E-state index contributed by atoms with van der Waals surface area (Å²) in [5.74, 6) is 0. The lowest BCUT2D eigenvalue weighted by molar-refractivity contribution is -0.284. The van der Waals surface area contributed by atoms with Crippen LogP contribution in [-0.4, -0.2) is 36.0 Å². The highest BCUT2D eigenvalue weighted by Gasteiger charge is 2.58. The zero-order valence-corrected chi connectivity index (χ0v) is 29.8. The minimum Gasteiger partial charge on any atom is -0.374 e. The fraction of sp³-hybridized carbons (Fsp3) is 0.286. The van der Waals surface area contributed by atoms with E-state index in [1.165, 1.54) is 10.5 Å². The lowest BCUT2D eigenvalue weighted by Gasteiger charge is -2.53. The van der Waals surface area contributed by atoms with E-state index in [9.17, 15) is 0 Å². The van der Waals surface area contributed by atoms with E-state index >= 15 is 0 Å². The maximum absolute atomic E-state index is 7.32. The van der Waals surface area contributed by atoms with Crippen molar-refractivity contribution in [1.29, 1.82) is 0 Å². The van der Waals surface area contributed by atoms with Crippen LogP contribution in [0.2, 0.25) is 0 Å². The van der Waals surface area contributed by atoms with E-state index in [1.54, 1.807) is 11.8 Å². The molecular weight excluding hydrogens is 696 g/mol. The molecule has 0 radical (unpaired) electrons. The van der Waals surface area contributed by atoms with Crippen molar-refractivity contribution in [2.45, 2.75) is 73.5 Å². The minimum absolute atomic E-state index is 0.348. The highest BCUT2D eigenvalue weighted by molar-refractivity contribution is 9.10. The van der Waals surface area contributed by atoms with Gasteiger partial charge in [-0.3, -0.25) is 0 Å².